The number of anilines is 1. The van der Waals surface area contributed by atoms with Crippen LogP contribution in [-0.2, 0) is 11.4 Å². The fraction of sp³-hybridized carbons (Fsp3) is 0.0588. The van der Waals surface area contributed by atoms with Gasteiger partial charge in [0.25, 0.3) is 5.91 Å². The molecule has 2 aromatic rings. The van der Waals surface area contributed by atoms with Gasteiger partial charge >= 0.3 is 0 Å². The minimum absolute atomic E-state index is 0.160. The van der Waals surface area contributed by atoms with Crippen molar-refractivity contribution < 1.29 is 9.53 Å². The molecule has 1 aliphatic rings. The Morgan fingerprint density at radius 1 is 1.17 bits per heavy atom. The number of halogens is 1. The largest absolute Gasteiger partial charge is 0.489 e. The molecule has 0 aliphatic carbocycles. The van der Waals surface area contributed by atoms with E-state index in [0.717, 1.165) is 17.0 Å². The monoisotopic (exact) mass is 453 g/mol. The van der Waals surface area contributed by atoms with Gasteiger partial charge in [0.15, 0.2) is 4.32 Å². The minimum Gasteiger partial charge on any atom is -0.489 e. The Bertz CT molecular complexity index is 789. The van der Waals surface area contributed by atoms with Crippen LogP contribution in [0.1, 0.15) is 5.56 Å². The molecule has 0 saturated carbocycles. The van der Waals surface area contributed by atoms with E-state index >= 15 is 0 Å². The fourth-order valence-corrected chi connectivity index (χ4v) is 3.80. The third-order valence-corrected chi connectivity index (χ3v) is 5.54. The standard InChI is InChI=1S/C17H12INO2S2/c1-11-16(20)19(17(22)23-11)13-6-8-14(9-7-13)21-10-12-4-2-3-5-15(12)18/h2-9H,1,10H2. The van der Waals surface area contributed by atoms with Crippen LogP contribution in [0.25, 0.3) is 0 Å². The van der Waals surface area contributed by atoms with Gasteiger partial charge in [0.2, 0.25) is 0 Å². The van der Waals surface area contributed by atoms with Gasteiger partial charge in [-0.3, -0.25) is 9.69 Å². The number of rotatable bonds is 4. The van der Waals surface area contributed by atoms with E-state index < -0.39 is 0 Å². The first kappa shape index (κ1) is 16.5. The quantitative estimate of drug-likeness (QED) is 0.380. The van der Waals surface area contributed by atoms with Crippen molar-refractivity contribution >= 4 is 62.5 Å². The van der Waals surface area contributed by atoms with Crippen LogP contribution in [0.15, 0.2) is 60.0 Å². The lowest BCUT2D eigenvalue weighted by Gasteiger charge is -2.15. The predicted molar refractivity (Wildman–Crippen MR) is 107 cm³/mol. The number of ether oxygens (including phenoxy) is 1. The van der Waals surface area contributed by atoms with Crippen LogP contribution in [0.2, 0.25) is 0 Å². The lowest BCUT2D eigenvalue weighted by atomic mass is 10.2. The van der Waals surface area contributed by atoms with Gasteiger partial charge in [-0.25, -0.2) is 0 Å². The third kappa shape index (κ3) is 3.59. The zero-order chi connectivity index (χ0) is 16.4. The zero-order valence-electron chi connectivity index (χ0n) is 12.0. The van der Waals surface area contributed by atoms with Crippen molar-refractivity contribution in [1.29, 1.82) is 0 Å². The normalized spacial score (nSPS) is 14.5. The molecule has 23 heavy (non-hydrogen) atoms. The number of thioether (sulfide) groups is 1. The second-order valence-electron chi connectivity index (χ2n) is 4.81. The summed E-state index contributed by atoms with van der Waals surface area (Å²) in [6.45, 7) is 4.22. The minimum atomic E-state index is -0.160. The van der Waals surface area contributed by atoms with Gasteiger partial charge in [0, 0.05) is 9.13 Å². The van der Waals surface area contributed by atoms with Crippen LogP contribution in [0, 0.1) is 3.57 Å². The van der Waals surface area contributed by atoms with E-state index in [1.165, 1.54) is 20.2 Å². The highest BCUT2D eigenvalue weighted by atomic mass is 127. The van der Waals surface area contributed by atoms with Crippen molar-refractivity contribution in [1.82, 2.24) is 0 Å². The van der Waals surface area contributed by atoms with Crippen LogP contribution < -0.4 is 9.64 Å². The lowest BCUT2D eigenvalue weighted by Crippen LogP contribution is -2.27. The molecule has 0 spiro atoms. The molecule has 3 nitrogen and oxygen atoms in total. The number of carbonyl (C=O) groups excluding carboxylic acids is 1. The summed E-state index contributed by atoms with van der Waals surface area (Å²) in [5, 5.41) is 0. The number of hydrogen-bond donors (Lipinski definition) is 0. The molecule has 3 rings (SSSR count). The van der Waals surface area contributed by atoms with Crippen molar-refractivity contribution in [3.63, 3.8) is 0 Å². The molecule has 1 saturated heterocycles. The van der Waals surface area contributed by atoms with Gasteiger partial charge in [0.05, 0.1) is 10.6 Å². The average molecular weight is 453 g/mol. The van der Waals surface area contributed by atoms with Gasteiger partial charge in [-0.2, -0.15) is 0 Å². The number of thiocarbonyl (C=S) groups is 1. The maximum absolute atomic E-state index is 12.0. The van der Waals surface area contributed by atoms with Gasteiger partial charge in [-0.05, 0) is 52.9 Å². The van der Waals surface area contributed by atoms with Gasteiger partial charge in [-0.1, -0.05) is 48.8 Å². The van der Waals surface area contributed by atoms with Crippen LogP contribution in [0.5, 0.6) is 5.75 Å². The van der Waals surface area contributed by atoms with Crippen LogP contribution in [0.4, 0.5) is 5.69 Å². The molecular formula is C17H12INO2S2. The molecule has 0 unspecified atom stereocenters. The Labute approximate surface area is 157 Å². The summed E-state index contributed by atoms with van der Waals surface area (Å²) in [5.41, 5.74) is 1.87. The number of amides is 1. The number of carbonyl (C=O) groups is 1. The molecule has 0 aromatic heterocycles. The molecule has 1 heterocycles. The Kier molecular flexibility index (Phi) is 5.03. The molecule has 2 aromatic carbocycles. The van der Waals surface area contributed by atoms with E-state index in [4.69, 9.17) is 17.0 Å². The molecule has 116 valence electrons. The summed E-state index contributed by atoms with van der Waals surface area (Å²) in [4.78, 5) is 14.0. The predicted octanol–water partition coefficient (Wildman–Crippen LogP) is 4.75. The maximum Gasteiger partial charge on any atom is 0.270 e. The van der Waals surface area contributed by atoms with Crippen LogP contribution >= 0.6 is 46.6 Å². The van der Waals surface area contributed by atoms with Crippen molar-refractivity contribution in [2.45, 2.75) is 6.61 Å². The fourth-order valence-electron chi connectivity index (χ4n) is 2.09. The molecule has 0 radical (unpaired) electrons. The Morgan fingerprint density at radius 3 is 2.48 bits per heavy atom. The highest BCUT2D eigenvalue weighted by Gasteiger charge is 2.31. The van der Waals surface area contributed by atoms with Crippen molar-refractivity contribution in [2.75, 3.05) is 4.90 Å². The van der Waals surface area contributed by atoms with E-state index in [9.17, 15) is 4.79 Å². The van der Waals surface area contributed by atoms with Gasteiger partial charge in [0.1, 0.15) is 12.4 Å². The summed E-state index contributed by atoms with van der Waals surface area (Å²) < 4.78 is 7.48. The van der Waals surface area contributed by atoms with Crippen molar-refractivity contribution in [3.05, 3.63) is 69.1 Å². The molecule has 6 heteroatoms. The van der Waals surface area contributed by atoms with E-state index in [-0.39, 0.29) is 5.91 Å². The third-order valence-electron chi connectivity index (χ3n) is 3.28. The Hall–Kier alpha value is -1.38. The van der Waals surface area contributed by atoms with Crippen LogP contribution in [0.3, 0.4) is 0 Å². The summed E-state index contributed by atoms with van der Waals surface area (Å²) in [6, 6.07) is 15.4. The second kappa shape index (κ2) is 7.02. The van der Waals surface area contributed by atoms with E-state index in [0.29, 0.717) is 15.8 Å². The van der Waals surface area contributed by atoms with Crippen molar-refractivity contribution in [2.24, 2.45) is 0 Å². The van der Waals surface area contributed by atoms with Gasteiger partial charge < -0.3 is 4.74 Å². The smallest absolute Gasteiger partial charge is 0.270 e. The number of nitrogens with zero attached hydrogens (tertiary/aromatic N) is 1. The van der Waals surface area contributed by atoms with E-state index in [1.54, 1.807) is 0 Å². The first-order valence-corrected chi connectivity index (χ1v) is 9.08. The number of hydrogen-bond acceptors (Lipinski definition) is 4. The number of benzene rings is 2. The average Bonchev–Trinajstić information content (AvgIpc) is 2.80. The first-order chi connectivity index (χ1) is 11.1. The SMILES string of the molecule is C=C1SC(=S)N(c2ccc(OCc3ccccc3I)cc2)C1=O. The zero-order valence-corrected chi connectivity index (χ0v) is 15.8. The van der Waals surface area contributed by atoms with Gasteiger partial charge in [-0.15, -0.1) is 0 Å². The highest BCUT2D eigenvalue weighted by Crippen LogP contribution is 2.34. The molecule has 0 atom stereocenters. The summed E-state index contributed by atoms with van der Waals surface area (Å²) in [7, 11) is 0. The molecule has 1 aliphatic heterocycles. The first-order valence-electron chi connectivity index (χ1n) is 6.77. The Morgan fingerprint density at radius 2 is 1.87 bits per heavy atom. The van der Waals surface area contributed by atoms with E-state index in [2.05, 4.69) is 29.2 Å². The van der Waals surface area contributed by atoms with Crippen LogP contribution in [-0.4, -0.2) is 10.2 Å². The molecule has 1 amide bonds. The summed E-state index contributed by atoms with van der Waals surface area (Å²) >= 11 is 8.73. The Balaban J connectivity index is 1.70. The van der Waals surface area contributed by atoms with E-state index in [1.807, 2.05) is 48.5 Å². The summed E-state index contributed by atoms with van der Waals surface area (Å²) in [5.74, 6) is 0.588. The maximum atomic E-state index is 12.0. The molecule has 0 N–H and O–H groups in total. The summed E-state index contributed by atoms with van der Waals surface area (Å²) in [6.07, 6.45) is 0. The van der Waals surface area contributed by atoms with Crippen molar-refractivity contribution in [3.8, 4) is 5.75 Å². The second-order valence-corrected chi connectivity index (χ2v) is 7.70. The molecule has 0 bridgehead atoms. The lowest BCUT2D eigenvalue weighted by molar-refractivity contribution is -0.113. The highest BCUT2D eigenvalue weighted by molar-refractivity contribution is 14.1. The molecule has 1 fully saturated rings. The topological polar surface area (TPSA) is 29.5 Å². The molecular weight excluding hydrogens is 441 g/mol.